The lowest BCUT2D eigenvalue weighted by Crippen LogP contribution is -2.11. The zero-order valence-electron chi connectivity index (χ0n) is 7.15. The Morgan fingerprint density at radius 3 is 3.00 bits per heavy atom. The monoisotopic (exact) mass is 195 g/mol. The molecule has 4 heteroatoms. The molecule has 0 amide bonds. The van der Waals surface area contributed by atoms with Gasteiger partial charge in [-0.3, -0.25) is 4.79 Å². The van der Waals surface area contributed by atoms with Gasteiger partial charge in [0.15, 0.2) is 0 Å². The van der Waals surface area contributed by atoms with Crippen molar-refractivity contribution >= 4 is 17.3 Å². The Hall–Kier alpha value is -1.34. The second kappa shape index (κ2) is 4.06. The van der Waals surface area contributed by atoms with Crippen molar-refractivity contribution in [3.8, 4) is 6.07 Å². The summed E-state index contributed by atoms with van der Waals surface area (Å²) in [6.45, 7) is 1.66. The topological polar surface area (TPSA) is 61.1 Å². The van der Waals surface area contributed by atoms with E-state index in [1.165, 1.54) is 11.3 Å². The molecule has 13 heavy (non-hydrogen) atoms. The molecule has 1 aromatic heterocycles. The molecule has 1 heterocycles. The predicted molar refractivity (Wildman–Crippen MR) is 49.5 cm³/mol. The van der Waals surface area contributed by atoms with Crippen molar-refractivity contribution in [2.24, 2.45) is 5.92 Å². The highest BCUT2D eigenvalue weighted by molar-refractivity contribution is 7.10. The van der Waals surface area contributed by atoms with Gasteiger partial charge in [0, 0.05) is 10.3 Å². The van der Waals surface area contributed by atoms with Crippen molar-refractivity contribution in [1.29, 1.82) is 5.26 Å². The van der Waals surface area contributed by atoms with Crippen molar-refractivity contribution in [2.75, 3.05) is 0 Å². The summed E-state index contributed by atoms with van der Waals surface area (Å²) in [5.41, 5.74) is 0.609. The predicted octanol–water partition coefficient (Wildman–Crippen LogP) is 1.88. The molecule has 0 fully saturated rings. The third-order valence-electron chi connectivity index (χ3n) is 1.71. The minimum absolute atomic E-state index is 0.384. The van der Waals surface area contributed by atoms with Crippen molar-refractivity contribution in [3.63, 3.8) is 0 Å². The van der Waals surface area contributed by atoms with Gasteiger partial charge in [0.1, 0.15) is 0 Å². The van der Waals surface area contributed by atoms with Gasteiger partial charge in [0.2, 0.25) is 0 Å². The first kappa shape index (κ1) is 9.75. The van der Waals surface area contributed by atoms with Crippen LogP contribution in [0.2, 0.25) is 0 Å². The van der Waals surface area contributed by atoms with Gasteiger partial charge in [-0.15, -0.1) is 11.3 Å². The summed E-state index contributed by atoms with van der Waals surface area (Å²) in [5, 5.41) is 18.9. The molecule has 0 saturated heterocycles. The summed E-state index contributed by atoms with van der Waals surface area (Å²) in [5.74, 6) is -1.18. The Balaban J connectivity index is 2.65. The van der Waals surface area contributed by atoms with Crippen molar-refractivity contribution in [3.05, 3.63) is 21.9 Å². The van der Waals surface area contributed by atoms with Crippen LogP contribution in [-0.4, -0.2) is 11.1 Å². The third-order valence-corrected chi connectivity index (χ3v) is 2.67. The van der Waals surface area contributed by atoms with E-state index >= 15 is 0 Å². The Bertz CT molecular complexity index is 351. The van der Waals surface area contributed by atoms with Crippen LogP contribution in [0, 0.1) is 17.2 Å². The standard InChI is InChI=1S/C9H9NO2S/c1-6(9(11)12)2-8-3-7(4-10)5-13-8/h3,5-6H,2H2,1H3,(H,11,12). The van der Waals surface area contributed by atoms with E-state index in [1.807, 2.05) is 6.07 Å². The van der Waals surface area contributed by atoms with Gasteiger partial charge in [-0.1, -0.05) is 6.92 Å². The molecule has 1 atom stereocenters. The first-order valence-electron chi connectivity index (χ1n) is 3.84. The SMILES string of the molecule is CC(Cc1cc(C#N)cs1)C(=O)O. The summed E-state index contributed by atoms with van der Waals surface area (Å²) in [6, 6.07) is 3.75. The highest BCUT2D eigenvalue weighted by Crippen LogP contribution is 2.17. The number of thiophene rings is 1. The number of rotatable bonds is 3. The number of hydrogen-bond donors (Lipinski definition) is 1. The molecule has 1 rings (SSSR count). The number of nitriles is 1. The molecular weight excluding hydrogens is 186 g/mol. The molecule has 3 nitrogen and oxygen atoms in total. The van der Waals surface area contributed by atoms with Gasteiger partial charge in [0.25, 0.3) is 0 Å². The molecule has 0 spiro atoms. The zero-order valence-corrected chi connectivity index (χ0v) is 7.97. The molecule has 0 aliphatic rings. The molecule has 0 saturated carbocycles. The lowest BCUT2D eigenvalue weighted by atomic mass is 10.1. The first-order valence-corrected chi connectivity index (χ1v) is 4.71. The Kier molecular flexibility index (Phi) is 3.04. The van der Waals surface area contributed by atoms with Crippen molar-refractivity contribution < 1.29 is 9.90 Å². The minimum Gasteiger partial charge on any atom is -0.481 e. The summed E-state index contributed by atoms with van der Waals surface area (Å²) in [7, 11) is 0. The Morgan fingerprint density at radius 1 is 1.85 bits per heavy atom. The zero-order chi connectivity index (χ0) is 9.84. The van der Waals surface area contributed by atoms with Crippen LogP contribution in [-0.2, 0) is 11.2 Å². The maximum Gasteiger partial charge on any atom is 0.306 e. The average molecular weight is 195 g/mol. The molecule has 0 aromatic carbocycles. The second-order valence-electron chi connectivity index (χ2n) is 2.86. The third kappa shape index (κ3) is 2.56. The van der Waals surface area contributed by atoms with Gasteiger partial charge < -0.3 is 5.11 Å². The maximum absolute atomic E-state index is 10.5. The van der Waals surface area contributed by atoms with E-state index in [0.717, 1.165) is 4.88 Å². The van der Waals surface area contributed by atoms with Gasteiger partial charge in [-0.2, -0.15) is 5.26 Å². The Labute approximate surface area is 80.2 Å². The van der Waals surface area contributed by atoms with E-state index in [-0.39, 0.29) is 5.92 Å². The normalized spacial score (nSPS) is 12.0. The number of carboxylic acids is 1. The highest BCUT2D eigenvalue weighted by atomic mass is 32.1. The van der Waals surface area contributed by atoms with Crippen LogP contribution in [0.1, 0.15) is 17.4 Å². The largest absolute Gasteiger partial charge is 0.481 e. The highest BCUT2D eigenvalue weighted by Gasteiger charge is 2.12. The number of nitrogens with zero attached hydrogens (tertiary/aromatic N) is 1. The fraction of sp³-hybridized carbons (Fsp3) is 0.333. The number of hydrogen-bond acceptors (Lipinski definition) is 3. The molecule has 1 aromatic rings. The van der Waals surface area contributed by atoms with E-state index < -0.39 is 5.97 Å². The van der Waals surface area contributed by atoms with E-state index in [9.17, 15) is 4.79 Å². The van der Waals surface area contributed by atoms with E-state index in [2.05, 4.69) is 0 Å². The molecule has 0 bridgehead atoms. The maximum atomic E-state index is 10.5. The smallest absolute Gasteiger partial charge is 0.306 e. The molecule has 1 unspecified atom stereocenters. The summed E-state index contributed by atoms with van der Waals surface area (Å²) in [4.78, 5) is 11.5. The van der Waals surface area contributed by atoms with Crippen LogP contribution in [0.15, 0.2) is 11.4 Å². The lowest BCUT2D eigenvalue weighted by molar-refractivity contribution is -0.141. The van der Waals surface area contributed by atoms with Crippen LogP contribution in [0.5, 0.6) is 0 Å². The van der Waals surface area contributed by atoms with E-state index in [4.69, 9.17) is 10.4 Å². The van der Waals surface area contributed by atoms with Crippen LogP contribution in [0.3, 0.4) is 0 Å². The van der Waals surface area contributed by atoms with Crippen molar-refractivity contribution in [1.82, 2.24) is 0 Å². The fourth-order valence-electron chi connectivity index (χ4n) is 0.935. The van der Waals surface area contributed by atoms with Crippen LogP contribution >= 0.6 is 11.3 Å². The fourth-order valence-corrected chi connectivity index (χ4v) is 1.88. The summed E-state index contributed by atoms with van der Waals surface area (Å²) < 4.78 is 0. The number of carboxylic acid groups (broad SMARTS) is 1. The first-order chi connectivity index (χ1) is 6.13. The second-order valence-corrected chi connectivity index (χ2v) is 3.85. The van der Waals surface area contributed by atoms with E-state index in [1.54, 1.807) is 18.4 Å². The molecule has 0 radical (unpaired) electrons. The summed E-state index contributed by atoms with van der Waals surface area (Å²) in [6.07, 6.45) is 0.502. The lowest BCUT2D eigenvalue weighted by Gasteiger charge is -2.01. The molecular formula is C9H9NO2S. The molecule has 0 aliphatic carbocycles. The van der Waals surface area contributed by atoms with Gasteiger partial charge in [0.05, 0.1) is 17.6 Å². The van der Waals surface area contributed by atoms with Crippen molar-refractivity contribution in [2.45, 2.75) is 13.3 Å². The van der Waals surface area contributed by atoms with Crippen LogP contribution < -0.4 is 0 Å². The molecule has 0 aliphatic heterocycles. The molecule has 68 valence electrons. The summed E-state index contributed by atoms with van der Waals surface area (Å²) >= 11 is 1.43. The minimum atomic E-state index is -0.799. The number of carbonyl (C=O) groups is 1. The number of aliphatic carboxylic acids is 1. The van der Waals surface area contributed by atoms with Gasteiger partial charge in [-0.05, 0) is 12.5 Å². The Morgan fingerprint density at radius 2 is 2.54 bits per heavy atom. The molecule has 1 N–H and O–H groups in total. The average Bonchev–Trinajstić information content (AvgIpc) is 2.52. The van der Waals surface area contributed by atoms with Crippen LogP contribution in [0.25, 0.3) is 0 Å². The van der Waals surface area contributed by atoms with E-state index in [0.29, 0.717) is 12.0 Å². The quantitative estimate of drug-likeness (QED) is 0.801. The van der Waals surface area contributed by atoms with Crippen LogP contribution in [0.4, 0.5) is 0 Å². The van der Waals surface area contributed by atoms with Gasteiger partial charge in [-0.25, -0.2) is 0 Å². The van der Waals surface area contributed by atoms with Gasteiger partial charge >= 0.3 is 5.97 Å².